The van der Waals surface area contributed by atoms with E-state index in [1.807, 2.05) is 0 Å². The summed E-state index contributed by atoms with van der Waals surface area (Å²) in [6.07, 6.45) is 0. The second-order valence-electron chi connectivity index (χ2n) is 6.09. The fourth-order valence-electron chi connectivity index (χ4n) is 3.16. The molecule has 0 aliphatic carbocycles. The quantitative estimate of drug-likeness (QED) is 0.843. The normalized spacial score (nSPS) is 25.4. The predicted octanol–water partition coefficient (Wildman–Crippen LogP) is 0.764. The molecule has 2 fully saturated rings. The van der Waals surface area contributed by atoms with Gasteiger partial charge in [0, 0.05) is 19.1 Å². The van der Waals surface area contributed by atoms with E-state index in [9.17, 15) is 17.6 Å². The minimum atomic E-state index is -3.16. The Hall–Kier alpha value is -1.38. The van der Waals surface area contributed by atoms with Gasteiger partial charge in [0.15, 0.2) is 28.0 Å². The SMILES string of the molecule is Cc1ccc(F)c(OCC(=O)N2CCN[C@@H]3CS(=O)(=O)C[C@@H]32)c1Cl. The summed E-state index contributed by atoms with van der Waals surface area (Å²) >= 11 is 6.02. The third kappa shape index (κ3) is 3.36. The van der Waals surface area contributed by atoms with Crippen molar-refractivity contribution in [1.29, 1.82) is 0 Å². The van der Waals surface area contributed by atoms with Gasteiger partial charge in [0.1, 0.15) is 0 Å². The number of carbonyl (C=O) groups is 1. The Morgan fingerprint density at radius 2 is 2.21 bits per heavy atom. The molecule has 132 valence electrons. The Morgan fingerprint density at radius 3 is 2.96 bits per heavy atom. The molecule has 0 saturated carbocycles. The molecule has 0 unspecified atom stereocenters. The number of amides is 1. The van der Waals surface area contributed by atoms with Gasteiger partial charge in [-0.1, -0.05) is 17.7 Å². The van der Waals surface area contributed by atoms with Crippen LogP contribution in [0.4, 0.5) is 4.39 Å². The molecule has 3 rings (SSSR count). The molecule has 2 saturated heterocycles. The highest BCUT2D eigenvalue weighted by Crippen LogP contribution is 2.31. The van der Waals surface area contributed by atoms with E-state index >= 15 is 0 Å². The van der Waals surface area contributed by atoms with E-state index < -0.39 is 21.7 Å². The molecule has 9 heteroatoms. The van der Waals surface area contributed by atoms with Crippen LogP contribution in [-0.4, -0.2) is 62.5 Å². The smallest absolute Gasteiger partial charge is 0.260 e. The molecular formula is C15H18ClFN2O4S. The van der Waals surface area contributed by atoms with Crippen molar-refractivity contribution >= 4 is 27.3 Å². The maximum absolute atomic E-state index is 13.8. The molecule has 1 N–H and O–H groups in total. The van der Waals surface area contributed by atoms with Crippen LogP contribution in [0.2, 0.25) is 5.02 Å². The lowest BCUT2D eigenvalue weighted by Crippen LogP contribution is -2.59. The van der Waals surface area contributed by atoms with Gasteiger partial charge in [-0.15, -0.1) is 0 Å². The highest BCUT2D eigenvalue weighted by atomic mass is 35.5. The van der Waals surface area contributed by atoms with Crippen molar-refractivity contribution in [1.82, 2.24) is 10.2 Å². The average Bonchev–Trinajstić information content (AvgIpc) is 2.84. The molecule has 2 atom stereocenters. The number of halogens is 2. The van der Waals surface area contributed by atoms with Gasteiger partial charge < -0.3 is 15.0 Å². The van der Waals surface area contributed by atoms with E-state index in [0.717, 1.165) is 0 Å². The number of aryl methyl sites for hydroxylation is 1. The van der Waals surface area contributed by atoms with E-state index in [1.54, 1.807) is 6.92 Å². The lowest BCUT2D eigenvalue weighted by Gasteiger charge is -2.37. The molecule has 0 aromatic heterocycles. The molecule has 1 aromatic carbocycles. The molecule has 1 aromatic rings. The molecule has 2 aliphatic rings. The fraction of sp³-hybridized carbons (Fsp3) is 0.533. The zero-order chi connectivity index (χ0) is 17.5. The van der Waals surface area contributed by atoms with Crippen LogP contribution in [0, 0.1) is 12.7 Å². The summed E-state index contributed by atoms with van der Waals surface area (Å²) in [5.41, 5.74) is 0.643. The van der Waals surface area contributed by atoms with E-state index in [0.29, 0.717) is 18.7 Å². The predicted molar refractivity (Wildman–Crippen MR) is 87.6 cm³/mol. The second-order valence-corrected chi connectivity index (χ2v) is 8.62. The fourth-order valence-corrected chi connectivity index (χ4v) is 5.32. The number of carbonyl (C=O) groups excluding carboxylic acids is 1. The highest BCUT2D eigenvalue weighted by molar-refractivity contribution is 7.91. The van der Waals surface area contributed by atoms with Crippen molar-refractivity contribution in [2.75, 3.05) is 31.2 Å². The van der Waals surface area contributed by atoms with Crippen molar-refractivity contribution in [3.8, 4) is 5.75 Å². The maximum atomic E-state index is 13.8. The van der Waals surface area contributed by atoms with Crippen LogP contribution < -0.4 is 10.1 Å². The van der Waals surface area contributed by atoms with Crippen molar-refractivity contribution in [2.45, 2.75) is 19.0 Å². The van der Waals surface area contributed by atoms with Gasteiger partial charge in [0.25, 0.3) is 5.91 Å². The van der Waals surface area contributed by atoms with Gasteiger partial charge in [0.2, 0.25) is 0 Å². The summed E-state index contributed by atoms with van der Waals surface area (Å²) < 4.78 is 42.7. The van der Waals surface area contributed by atoms with Gasteiger partial charge in [-0.25, -0.2) is 12.8 Å². The lowest BCUT2D eigenvalue weighted by molar-refractivity contribution is -0.136. The zero-order valence-electron chi connectivity index (χ0n) is 13.1. The molecule has 0 bridgehead atoms. The first kappa shape index (κ1) is 17.4. The van der Waals surface area contributed by atoms with Crippen LogP contribution in [0.5, 0.6) is 5.75 Å². The summed E-state index contributed by atoms with van der Waals surface area (Å²) in [6, 6.07) is 2.09. The average molecular weight is 377 g/mol. The lowest BCUT2D eigenvalue weighted by atomic mass is 10.1. The number of fused-ring (bicyclic) bond motifs is 1. The maximum Gasteiger partial charge on any atom is 0.260 e. The van der Waals surface area contributed by atoms with E-state index in [1.165, 1.54) is 17.0 Å². The number of nitrogens with one attached hydrogen (secondary N) is 1. The van der Waals surface area contributed by atoms with Crippen LogP contribution in [0.1, 0.15) is 5.56 Å². The Balaban J connectivity index is 1.70. The molecule has 0 spiro atoms. The Morgan fingerprint density at radius 1 is 1.46 bits per heavy atom. The van der Waals surface area contributed by atoms with Crippen LogP contribution in [0.15, 0.2) is 12.1 Å². The Kier molecular flexibility index (Phi) is 4.72. The highest BCUT2D eigenvalue weighted by Gasteiger charge is 2.44. The van der Waals surface area contributed by atoms with E-state index in [2.05, 4.69) is 5.32 Å². The van der Waals surface area contributed by atoms with Gasteiger partial charge in [-0.2, -0.15) is 0 Å². The molecular weight excluding hydrogens is 359 g/mol. The van der Waals surface area contributed by atoms with Crippen molar-refractivity contribution in [3.63, 3.8) is 0 Å². The first-order valence-electron chi connectivity index (χ1n) is 7.59. The number of hydrogen-bond acceptors (Lipinski definition) is 5. The summed E-state index contributed by atoms with van der Waals surface area (Å²) in [7, 11) is -3.16. The molecule has 2 aliphatic heterocycles. The minimum absolute atomic E-state index is 0.0284. The van der Waals surface area contributed by atoms with E-state index in [4.69, 9.17) is 16.3 Å². The first-order valence-corrected chi connectivity index (χ1v) is 9.79. The van der Waals surface area contributed by atoms with Crippen molar-refractivity contribution < 1.29 is 22.3 Å². The zero-order valence-corrected chi connectivity index (χ0v) is 14.7. The summed E-state index contributed by atoms with van der Waals surface area (Å²) in [5.74, 6) is -1.20. The number of sulfone groups is 1. The third-order valence-electron chi connectivity index (χ3n) is 4.38. The number of nitrogens with zero attached hydrogens (tertiary/aromatic N) is 1. The number of piperazine rings is 1. The first-order chi connectivity index (χ1) is 11.3. The standard InChI is InChI=1S/C15H18ClFN2O4S/c1-9-2-3-10(17)15(14(9)16)23-6-13(20)19-5-4-18-11-7-24(21,22)8-12(11)19/h2-3,11-12,18H,4-8H2,1H3/t11-,12+/m1/s1. The van der Waals surface area contributed by atoms with Gasteiger partial charge in [-0.05, 0) is 18.6 Å². The second kappa shape index (κ2) is 6.50. The minimum Gasteiger partial charge on any atom is -0.479 e. The van der Waals surface area contributed by atoms with Gasteiger partial charge in [-0.3, -0.25) is 4.79 Å². The monoisotopic (exact) mass is 376 g/mol. The van der Waals surface area contributed by atoms with E-state index in [-0.39, 0.29) is 40.8 Å². The molecule has 6 nitrogen and oxygen atoms in total. The van der Waals surface area contributed by atoms with Crippen LogP contribution in [-0.2, 0) is 14.6 Å². The Labute approximate surface area is 144 Å². The molecule has 24 heavy (non-hydrogen) atoms. The molecule has 2 heterocycles. The van der Waals surface area contributed by atoms with Crippen molar-refractivity contribution in [2.24, 2.45) is 0 Å². The van der Waals surface area contributed by atoms with Crippen LogP contribution in [0.25, 0.3) is 0 Å². The molecule has 0 radical (unpaired) electrons. The van der Waals surface area contributed by atoms with Crippen LogP contribution in [0.3, 0.4) is 0 Å². The third-order valence-corrected chi connectivity index (χ3v) is 6.57. The van der Waals surface area contributed by atoms with Crippen LogP contribution >= 0.6 is 11.6 Å². The van der Waals surface area contributed by atoms with Gasteiger partial charge >= 0.3 is 0 Å². The summed E-state index contributed by atoms with van der Waals surface area (Å²) in [6.45, 7) is 2.23. The largest absolute Gasteiger partial charge is 0.479 e. The number of hydrogen-bond donors (Lipinski definition) is 1. The topological polar surface area (TPSA) is 75.7 Å². The number of rotatable bonds is 3. The molecule has 1 amide bonds. The Bertz CT molecular complexity index is 771. The van der Waals surface area contributed by atoms with Gasteiger partial charge in [0.05, 0.1) is 22.6 Å². The summed E-state index contributed by atoms with van der Waals surface area (Å²) in [4.78, 5) is 14.0. The summed E-state index contributed by atoms with van der Waals surface area (Å²) in [5, 5.41) is 3.26. The number of ether oxygens (including phenoxy) is 1. The number of benzene rings is 1. The van der Waals surface area contributed by atoms with Crippen molar-refractivity contribution in [3.05, 3.63) is 28.5 Å².